The highest BCUT2D eigenvalue weighted by Crippen LogP contribution is 2.32. The summed E-state index contributed by atoms with van der Waals surface area (Å²) in [7, 11) is 3.09. The predicted molar refractivity (Wildman–Crippen MR) is 67.4 cm³/mol. The van der Waals surface area contributed by atoms with Crippen molar-refractivity contribution in [2.24, 2.45) is 20.0 Å². The van der Waals surface area contributed by atoms with Crippen molar-refractivity contribution in [1.82, 2.24) is 14.5 Å². The Morgan fingerprint density at radius 3 is 2.67 bits per heavy atom. The average Bonchev–Trinajstić information content (AvgIpc) is 3.17. The zero-order valence-electron chi connectivity index (χ0n) is 10.7. The highest BCUT2D eigenvalue weighted by atomic mass is 16.3. The Kier molecular flexibility index (Phi) is 3.68. The third kappa shape index (κ3) is 2.70. The zero-order chi connectivity index (χ0) is 13.3. The molecule has 0 radical (unpaired) electrons. The van der Waals surface area contributed by atoms with E-state index in [1.54, 1.807) is 7.05 Å². The number of nitrogens with zero attached hydrogens (tertiary/aromatic N) is 2. The van der Waals surface area contributed by atoms with E-state index >= 15 is 0 Å². The van der Waals surface area contributed by atoms with Crippen LogP contribution in [-0.4, -0.2) is 26.9 Å². The van der Waals surface area contributed by atoms with Gasteiger partial charge >= 0.3 is 5.69 Å². The van der Waals surface area contributed by atoms with E-state index in [1.807, 2.05) is 0 Å². The number of aliphatic hydroxyl groups is 1. The maximum atomic E-state index is 11.7. The predicted octanol–water partition coefficient (Wildman–Crippen LogP) is -1.06. The van der Waals surface area contributed by atoms with Gasteiger partial charge in [-0.1, -0.05) is 0 Å². The van der Waals surface area contributed by atoms with Gasteiger partial charge in [0.2, 0.25) is 0 Å². The van der Waals surface area contributed by atoms with Gasteiger partial charge in [-0.05, 0) is 18.8 Å². The molecule has 1 aromatic rings. The largest absolute Gasteiger partial charge is 0.392 e. The summed E-state index contributed by atoms with van der Waals surface area (Å²) in [6.45, 7) is 0.902. The highest BCUT2D eigenvalue weighted by molar-refractivity contribution is 5.02. The van der Waals surface area contributed by atoms with Crippen LogP contribution >= 0.6 is 0 Å². The summed E-state index contributed by atoms with van der Waals surface area (Å²) in [6, 6.07) is 1.44. The van der Waals surface area contributed by atoms with Crippen LogP contribution in [0.15, 0.2) is 15.7 Å². The van der Waals surface area contributed by atoms with E-state index in [2.05, 4.69) is 5.32 Å². The van der Waals surface area contributed by atoms with Crippen molar-refractivity contribution in [2.75, 3.05) is 6.54 Å². The Balaban J connectivity index is 2.01. The minimum Gasteiger partial charge on any atom is -0.392 e. The quantitative estimate of drug-likeness (QED) is 0.701. The van der Waals surface area contributed by atoms with E-state index in [4.69, 9.17) is 0 Å². The average molecular weight is 253 g/mol. The van der Waals surface area contributed by atoms with Crippen LogP contribution in [0, 0.1) is 5.92 Å². The fraction of sp³-hybridized carbons (Fsp3) is 0.667. The molecular weight excluding hydrogens is 234 g/mol. The summed E-state index contributed by atoms with van der Waals surface area (Å²) >= 11 is 0. The molecule has 0 amide bonds. The highest BCUT2D eigenvalue weighted by Gasteiger charge is 2.29. The Hall–Kier alpha value is -1.40. The first kappa shape index (κ1) is 13.0. The van der Waals surface area contributed by atoms with Crippen molar-refractivity contribution < 1.29 is 5.11 Å². The molecule has 1 unspecified atom stereocenters. The Labute approximate surface area is 105 Å². The second-order valence-electron chi connectivity index (χ2n) is 4.91. The lowest BCUT2D eigenvalue weighted by Crippen LogP contribution is -2.39. The molecule has 1 aliphatic rings. The summed E-state index contributed by atoms with van der Waals surface area (Å²) in [5.74, 6) is 0.421. The number of rotatable bonds is 5. The molecule has 0 bridgehead atoms. The van der Waals surface area contributed by atoms with Crippen LogP contribution in [0.25, 0.3) is 0 Å². The smallest absolute Gasteiger partial charge is 0.330 e. The van der Waals surface area contributed by atoms with Crippen LogP contribution < -0.4 is 16.6 Å². The molecule has 2 rings (SSSR count). The number of hydrogen-bond donors (Lipinski definition) is 2. The van der Waals surface area contributed by atoms with Gasteiger partial charge in [0.05, 0.1) is 6.10 Å². The topological polar surface area (TPSA) is 76.3 Å². The van der Waals surface area contributed by atoms with Crippen LogP contribution in [0.5, 0.6) is 0 Å². The molecule has 100 valence electrons. The molecule has 0 saturated heterocycles. The molecule has 2 N–H and O–H groups in total. The summed E-state index contributed by atoms with van der Waals surface area (Å²) in [5.41, 5.74) is -0.00854. The van der Waals surface area contributed by atoms with Gasteiger partial charge in [0.15, 0.2) is 0 Å². The SMILES string of the molecule is Cn1c(CNCC(O)C2CC2)cc(=O)n(C)c1=O. The van der Waals surface area contributed by atoms with Gasteiger partial charge in [-0.25, -0.2) is 4.79 Å². The fourth-order valence-electron chi connectivity index (χ4n) is 1.94. The van der Waals surface area contributed by atoms with Gasteiger partial charge in [0.1, 0.15) is 0 Å². The molecule has 0 aliphatic heterocycles. The number of aromatic nitrogens is 2. The molecule has 1 atom stereocenters. The Morgan fingerprint density at radius 1 is 1.39 bits per heavy atom. The van der Waals surface area contributed by atoms with E-state index < -0.39 is 0 Å². The maximum absolute atomic E-state index is 11.7. The lowest BCUT2D eigenvalue weighted by Gasteiger charge is -2.13. The summed E-state index contributed by atoms with van der Waals surface area (Å²) in [5, 5.41) is 12.8. The van der Waals surface area contributed by atoms with Gasteiger partial charge in [0.25, 0.3) is 5.56 Å². The number of aliphatic hydroxyl groups excluding tert-OH is 1. The second kappa shape index (κ2) is 5.07. The molecule has 1 heterocycles. The van der Waals surface area contributed by atoms with Gasteiger partial charge in [-0.3, -0.25) is 13.9 Å². The lowest BCUT2D eigenvalue weighted by atomic mass is 10.2. The normalized spacial score (nSPS) is 16.8. The fourth-order valence-corrected chi connectivity index (χ4v) is 1.94. The van der Waals surface area contributed by atoms with E-state index in [9.17, 15) is 14.7 Å². The van der Waals surface area contributed by atoms with Crippen LogP contribution in [0.3, 0.4) is 0 Å². The molecule has 6 heteroatoms. The monoisotopic (exact) mass is 253 g/mol. The lowest BCUT2D eigenvalue weighted by molar-refractivity contribution is 0.148. The third-order valence-corrected chi connectivity index (χ3v) is 3.45. The molecule has 6 nitrogen and oxygen atoms in total. The number of nitrogens with one attached hydrogen (secondary N) is 1. The molecule has 18 heavy (non-hydrogen) atoms. The third-order valence-electron chi connectivity index (χ3n) is 3.45. The summed E-state index contributed by atoms with van der Waals surface area (Å²) in [6.07, 6.45) is 1.86. The van der Waals surface area contributed by atoms with E-state index in [0.29, 0.717) is 24.7 Å². The summed E-state index contributed by atoms with van der Waals surface area (Å²) < 4.78 is 2.51. The minimum atomic E-state index is -0.331. The van der Waals surface area contributed by atoms with Gasteiger partial charge in [-0.2, -0.15) is 0 Å². The van der Waals surface area contributed by atoms with E-state index in [1.165, 1.54) is 17.7 Å². The summed E-state index contributed by atoms with van der Waals surface area (Å²) in [4.78, 5) is 23.2. The van der Waals surface area contributed by atoms with Crippen LogP contribution in [0.4, 0.5) is 0 Å². The first-order chi connectivity index (χ1) is 8.50. The standard InChI is InChI=1S/C12H19N3O3/c1-14-9(5-11(17)15(2)12(14)18)6-13-7-10(16)8-3-4-8/h5,8,10,13,16H,3-4,6-7H2,1-2H3. The second-order valence-corrected chi connectivity index (χ2v) is 4.91. The minimum absolute atomic E-state index is 0.308. The van der Waals surface area contributed by atoms with Crippen molar-refractivity contribution in [2.45, 2.75) is 25.5 Å². The Bertz CT molecular complexity index is 542. The van der Waals surface area contributed by atoms with Gasteiger partial charge < -0.3 is 10.4 Å². The van der Waals surface area contributed by atoms with Crippen LogP contribution in [-0.2, 0) is 20.6 Å². The van der Waals surface area contributed by atoms with Crippen molar-refractivity contribution in [1.29, 1.82) is 0 Å². The van der Waals surface area contributed by atoms with E-state index in [-0.39, 0.29) is 17.4 Å². The van der Waals surface area contributed by atoms with E-state index in [0.717, 1.165) is 17.4 Å². The van der Waals surface area contributed by atoms with Crippen molar-refractivity contribution in [3.63, 3.8) is 0 Å². The van der Waals surface area contributed by atoms with Crippen molar-refractivity contribution in [3.05, 3.63) is 32.6 Å². The number of hydrogen-bond acceptors (Lipinski definition) is 4. The van der Waals surface area contributed by atoms with Gasteiger partial charge in [-0.15, -0.1) is 0 Å². The molecule has 1 aliphatic carbocycles. The van der Waals surface area contributed by atoms with Gasteiger partial charge in [0, 0.05) is 38.9 Å². The van der Waals surface area contributed by atoms with Crippen molar-refractivity contribution >= 4 is 0 Å². The molecular formula is C12H19N3O3. The Morgan fingerprint density at radius 2 is 2.06 bits per heavy atom. The molecule has 1 fully saturated rings. The van der Waals surface area contributed by atoms with Crippen molar-refractivity contribution in [3.8, 4) is 0 Å². The zero-order valence-corrected chi connectivity index (χ0v) is 10.7. The first-order valence-corrected chi connectivity index (χ1v) is 6.15. The molecule has 0 spiro atoms. The van der Waals surface area contributed by atoms with Crippen LogP contribution in [0.1, 0.15) is 18.5 Å². The maximum Gasteiger partial charge on any atom is 0.330 e. The van der Waals surface area contributed by atoms with Crippen LogP contribution in [0.2, 0.25) is 0 Å². The molecule has 1 saturated carbocycles. The first-order valence-electron chi connectivity index (χ1n) is 6.15. The molecule has 1 aromatic heterocycles. The molecule has 0 aromatic carbocycles.